The summed E-state index contributed by atoms with van der Waals surface area (Å²) in [7, 11) is 0. The van der Waals surface area contributed by atoms with Gasteiger partial charge in [0.25, 0.3) is 0 Å². The molecule has 0 aromatic heterocycles. The molecule has 8 heteroatoms. The molecule has 0 aliphatic carbocycles. The highest BCUT2D eigenvalue weighted by Crippen LogP contribution is 2.68. The average molecular weight is 783 g/mol. The fraction of sp³-hybridized carbons (Fsp3) is 0. The van der Waals surface area contributed by atoms with Crippen molar-refractivity contribution in [2.24, 2.45) is 0 Å². The summed E-state index contributed by atoms with van der Waals surface area (Å²) in [6, 6.07) is 69.9. The predicted octanol–water partition coefficient (Wildman–Crippen LogP) is 15.6. The SMILES string of the molecule is c1ccc(S[PH+](Nc2ccc3ccccc3c2-c2c(N[PH+](Sc3ccccc3)Sc3ccccc3)ccc3ccccc23)Sc2ccccc2)cc1. The molecule has 0 fully saturated rings. The fourth-order valence-electron chi connectivity index (χ4n) is 6.04. The molecule has 52 heavy (non-hydrogen) atoms. The number of benzene rings is 8. The van der Waals surface area contributed by atoms with E-state index in [-0.39, 0.29) is 0 Å². The second-order valence-electron chi connectivity index (χ2n) is 11.9. The quantitative estimate of drug-likeness (QED) is 0.113. The van der Waals surface area contributed by atoms with E-state index in [2.05, 4.69) is 204 Å². The first kappa shape index (κ1) is 35.2. The normalized spacial score (nSPS) is 11.3. The Morgan fingerprint density at radius 2 is 0.577 bits per heavy atom. The van der Waals surface area contributed by atoms with Crippen LogP contribution in [0.15, 0.2) is 214 Å². The summed E-state index contributed by atoms with van der Waals surface area (Å²) < 4.78 is 0. The Labute approximate surface area is 324 Å². The molecule has 0 amide bonds. The van der Waals surface area contributed by atoms with Gasteiger partial charge in [0.15, 0.2) is 0 Å². The van der Waals surface area contributed by atoms with Crippen LogP contribution in [0.1, 0.15) is 0 Å². The Hall–Kier alpha value is -3.86. The van der Waals surface area contributed by atoms with E-state index in [0.29, 0.717) is 0 Å². The number of anilines is 2. The average Bonchev–Trinajstić information content (AvgIpc) is 3.19. The van der Waals surface area contributed by atoms with Crippen molar-refractivity contribution in [3.05, 3.63) is 194 Å². The number of hydrogen-bond donors (Lipinski definition) is 2. The number of rotatable bonds is 13. The minimum absolute atomic E-state index is 1.15. The molecule has 8 aromatic carbocycles. The van der Waals surface area contributed by atoms with Crippen LogP contribution >= 0.6 is 58.5 Å². The van der Waals surface area contributed by atoms with Gasteiger partial charge in [0.2, 0.25) is 13.0 Å². The van der Waals surface area contributed by atoms with Crippen molar-refractivity contribution < 1.29 is 0 Å². The van der Waals surface area contributed by atoms with Crippen molar-refractivity contribution in [2.45, 2.75) is 19.6 Å². The van der Waals surface area contributed by atoms with Gasteiger partial charge < -0.3 is 0 Å². The summed E-state index contributed by atoms with van der Waals surface area (Å²) in [6.45, 7) is -2.61. The van der Waals surface area contributed by atoms with E-state index in [1.165, 1.54) is 52.3 Å². The van der Waals surface area contributed by atoms with Crippen LogP contribution in [0.5, 0.6) is 0 Å². The number of nitrogens with one attached hydrogen (secondary N) is 2. The number of fused-ring (bicyclic) bond motifs is 2. The Bertz CT molecular complexity index is 2130. The van der Waals surface area contributed by atoms with Crippen molar-refractivity contribution in [2.75, 3.05) is 10.2 Å². The molecule has 0 heterocycles. The zero-order chi connectivity index (χ0) is 35.0. The van der Waals surface area contributed by atoms with Gasteiger partial charge in [-0.3, -0.25) is 0 Å². The lowest BCUT2D eigenvalue weighted by Gasteiger charge is -2.21. The zero-order valence-electron chi connectivity index (χ0n) is 28.1. The molecule has 8 rings (SSSR count). The van der Waals surface area contributed by atoms with Crippen molar-refractivity contribution in [1.82, 2.24) is 0 Å². The smallest absolute Gasteiger partial charge is 0.218 e. The van der Waals surface area contributed by atoms with Crippen molar-refractivity contribution in [3.63, 3.8) is 0 Å². The minimum atomic E-state index is -1.31. The lowest BCUT2D eigenvalue weighted by atomic mass is 9.91. The fourth-order valence-corrected chi connectivity index (χ4v) is 19.8. The lowest BCUT2D eigenvalue weighted by molar-refractivity contribution is 1.47. The topological polar surface area (TPSA) is 24.1 Å². The molecule has 0 atom stereocenters. The van der Waals surface area contributed by atoms with Crippen LogP contribution in [0.3, 0.4) is 0 Å². The highest BCUT2D eigenvalue weighted by atomic mass is 33.1. The maximum atomic E-state index is 4.16. The molecule has 0 aliphatic rings. The standard InChI is InChI=1S/C44H34N2P2S4/c1-5-19-35(20-6-1)49-47(50-36-21-7-2-8-22-36)45-41-31-29-33-17-13-15-27-39(33)43(41)44-40-28-16-14-18-34(40)30-32-42(44)46-48(51-37-23-9-3-10-24-37)52-38-25-11-4-12-26-38/h1-32,45-46H/p+2. The second-order valence-corrected chi connectivity index (χ2v) is 25.2. The molecule has 0 bridgehead atoms. The number of hydrogen-bond acceptors (Lipinski definition) is 6. The van der Waals surface area contributed by atoms with Gasteiger partial charge in [-0.05, 0) is 82.2 Å². The van der Waals surface area contributed by atoms with Gasteiger partial charge in [0, 0.05) is 11.1 Å². The predicted molar refractivity (Wildman–Crippen MR) is 240 cm³/mol. The van der Waals surface area contributed by atoms with Gasteiger partial charge in [-0.2, -0.15) is 0 Å². The molecule has 0 radical (unpaired) electrons. The van der Waals surface area contributed by atoms with Gasteiger partial charge in [-0.1, -0.05) is 133 Å². The molecule has 0 saturated carbocycles. The Kier molecular flexibility index (Phi) is 11.7. The third-order valence-electron chi connectivity index (χ3n) is 8.40. The molecule has 2 nitrogen and oxygen atoms in total. The molecular weight excluding hydrogens is 747 g/mol. The molecule has 0 saturated heterocycles. The third kappa shape index (κ3) is 8.67. The molecule has 0 aliphatic heterocycles. The Morgan fingerprint density at radius 1 is 0.288 bits per heavy atom. The van der Waals surface area contributed by atoms with Crippen LogP contribution in [0.2, 0.25) is 0 Å². The summed E-state index contributed by atoms with van der Waals surface area (Å²) in [4.78, 5) is 5.08. The zero-order valence-corrected chi connectivity index (χ0v) is 33.4. The van der Waals surface area contributed by atoms with Gasteiger partial charge in [-0.25, -0.2) is 10.2 Å². The maximum absolute atomic E-state index is 4.16. The summed E-state index contributed by atoms with van der Waals surface area (Å²) in [5.41, 5.74) is 4.77. The van der Waals surface area contributed by atoms with Crippen LogP contribution in [-0.4, -0.2) is 0 Å². The first-order chi connectivity index (χ1) is 25.8. The van der Waals surface area contributed by atoms with E-state index >= 15 is 0 Å². The highest BCUT2D eigenvalue weighted by molar-refractivity contribution is 8.89. The molecule has 2 N–H and O–H groups in total. The summed E-state index contributed by atoms with van der Waals surface area (Å²) in [6.07, 6.45) is 0. The van der Waals surface area contributed by atoms with E-state index in [9.17, 15) is 0 Å². The second kappa shape index (κ2) is 17.3. The van der Waals surface area contributed by atoms with E-state index in [4.69, 9.17) is 0 Å². The van der Waals surface area contributed by atoms with Crippen LogP contribution in [0, 0.1) is 0 Å². The van der Waals surface area contributed by atoms with E-state index in [1.54, 1.807) is 0 Å². The highest BCUT2D eigenvalue weighted by Gasteiger charge is 2.28. The van der Waals surface area contributed by atoms with Crippen molar-refractivity contribution in [3.8, 4) is 11.1 Å². The molecular formula is C44H36N2P2S4+2. The summed E-state index contributed by atoms with van der Waals surface area (Å²) >= 11 is 7.78. The van der Waals surface area contributed by atoms with Crippen LogP contribution in [-0.2, 0) is 0 Å². The third-order valence-corrected chi connectivity index (χ3v) is 21.4. The van der Waals surface area contributed by atoms with E-state index < -0.39 is 13.0 Å². The molecule has 254 valence electrons. The van der Waals surface area contributed by atoms with Crippen LogP contribution in [0.25, 0.3) is 32.7 Å². The lowest BCUT2D eigenvalue weighted by Crippen LogP contribution is -1.98. The van der Waals surface area contributed by atoms with Gasteiger partial charge in [0.1, 0.15) is 0 Å². The monoisotopic (exact) mass is 782 g/mol. The van der Waals surface area contributed by atoms with Gasteiger partial charge in [0.05, 0.1) is 76.5 Å². The Balaban J connectivity index is 1.27. The van der Waals surface area contributed by atoms with Crippen molar-refractivity contribution in [1.29, 1.82) is 0 Å². The van der Waals surface area contributed by atoms with E-state index in [0.717, 1.165) is 11.4 Å². The van der Waals surface area contributed by atoms with Crippen LogP contribution < -0.4 is 10.2 Å². The first-order valence-corrected chi connectivity index (χ1v) is 26.2. The first-order valence-electron chi connectivity index (χ1n) is 17.0. The maximum Gasteiger partial charge on any atom is 0.218 e. The van der Waals surface area contributed by atoms with Crippen LogP contribution in [0.4, 0.5) is 11.4 Å². The largest absolute Gasteiger partial charge is 0.240 e. The van der Waals surface area contributed by atoms with Gasteiger partial charge in [-0.15, -0.1) is 0 Å². The molecule has 8 aromatic rings. The summed E-state index contributed by atoms with van der Waals surface area (Å²) in [5, 5.41) is 13.2. The summed E-state index contributed by atoms with van der Waals surface area (Å²) in [5.74, 6) is 0. The van der Waals surface area contributed by atoms with E-state index in [1.807, 2.05) is 45.5 Å². The van der Waals surface area contributed by atoms with Crippen molar-refractivity contribution >= 4 is 91.4 Å². The minimum Gasteiger partial charge on any atom is -0.240 e. The molecule has 0 unspecified atom stereocenters. The van der Waals surface area contributed by atoms with Gasteiger partial charge >= 0.3 is 0 Å². The molecule has 0 spiro atoms. The Morgan fingerprint density at radius 3 is 0.904 bits per heavy atom.